The minimum atomic E-state index is -3.67. The van der Waals surface area contributed by atoms with Crippen LogP contribution in [0.1, 0.15) is 18.1 Å². The highest BCUT2D eigenvalue weighted by Crippen LogP contribution is 2.21. The monoisotopic (exact) mass is 306 g/mol. The Morgan fingerprint density at radius 3 is 2.67 bits per heavy atom. The molecule has 1 N–H and O–H groups in total. The lowest BCUT2D eigenvalue weighted by Gasteiger charge is -2.19. The number of nitriles is 1. The van der Waals surface area contributed by atoms with Gasteiger partial charge in [0.25, 0.3) is 0 Å². The number of aryl methyl sites for hydroxylation is 1. The summed E-state index contributed by atoms with van der Waals surface area (Å²) in [5.74, 6) is 4.79. The normalized spacial score (nSPS) is 12.4. The Balaban J connectivity index is 3.22. The molecule has 1 unspecified atom stereocenters. The van der Waals surface area contributed by atoms with Crippen LogP contribution >= 0.6 is 0 Å². The molecular weight excluding hydrogens is 288 g/mol. The molecule has 1 atom stereocenters. The molecule has 0 aromatic heterocycles. The number of nitrogens with zero attached hydrogens (tertiary/aromatic N) is 2. The Hall–Kier alpha value is -1.86. The zero-order valence-corrected chi connectivity index (χ0v) is 13.1. The van der Waals surface area contributed by atoms with E-state index in [0.717, 1.165) is 0 Å². The van der Waals surface area contributed by atoms with E-state index in [4.69, 9.17) is 10.4 Å². The molecular formula is C15H18N2O3S. The average Bonchev–Trinajstić information content (AvgIpc) is 2.45. The van der Waals surface area contributed by atoms with E-state index in [1.165, 1.54) is 17.4 Å². The summed E-state index contributed by atoms with van der Waals surface area (Å²) >= 11 is 0. The number of hydrogen-bond acceptors (Lipinski definition) is 4. The second-order valence-corrected chi connectivity index (χ2v) is 6.77. The van der Waals surface area contributed by atoms with Crippen LogP contribution in [0.15, 0.2) is 23.1 Å². The predicted octanol–water partition coefficient (Wildman–Crippen LogP) is 1.12. The van der Waals surface area contributed by atoms with Crippen LogP contribution in [-0.4, -0.2) is 38.0 Å². The summed E-state index contributed by atoms with van der Waals surface area (Å²) in [6.45, 7) is 3.22. The van der Waals surface area contributed by atoms with Crippen molar-refractivity contribution in [3.05, 3.63) is 29.3 Å². The van der Waals surface area contributed by atoms with Crippen LogP contribution < -0.4 is 0 Å². The average molecular weight is 306 g/mol. The van der Waals surface area contributed by atoms with Crippen molar-refractivity contribution >= 4 is 10.0 Å². The largest absolute Gasteiger partial charge is 0.384 e. The molecule has 6 heteroatoms. The Morgan fingerprint density at radius 1 is 1.43 bits per heavy atom. The smallest absolute Gasteiger partial charge is 0.243 e. The number of benzene rings is 1. The molecule has 112 valence electrons. The maximum atomic E-state index is 12.5. The number of sulfonamides is 1. The summed E-state index contributed by atoms with van der Waals surface area (Å²) in [4.78, 5) is 0.167. The Morgan fingerprint density at radius 2 is 2.10 bits per heavy atom. The predicted molar refractivity (Wildman–Crippen MR) is 79.7 cm³/mol. The molecule has 1 aromatic rings. The van der Waals surface area contributed by atoms with Crippen LogP contribution in [0, 0.1) is 36.0 Å². The summed E-state index contributed by atoms with van der Waals surface area (Å²) in [5.41, 5.74) is 1.14. The fourth-order valence-electron chi connectivity index (χ4n) is 1.79. The second kappa shape index (κ2) is 7.24. The molecule has 0 saturated carbocycles. The van der Waals surface area contributed by atoms with Crippen molar-refractivity contribution in [1.82, 2.24) is 4.31 Å². The first kappa shape index (κ1) is 17.2. The SMILES string of the molecule is Cc1ccc(C#CCO)cc1S(=O)(=O)N(C)CC(C)C#N. The van der Waals surface area contributed by atoms with Crippen LogP contribution in [0.4, 0.5) is 0 Å². The summed E-state index contributed by atoms with van der Waals surface area (Å²) in [7, 11) is -2.22. The Bertz CT molecular complexity index is 709. The lowest BCUT2D eigenvalue weighted by atomic mass is 10.1. The van der Waals surface area contributed by atoms with Crippen LogP contribution in [0.2, 0.25) is 0 Å². The van der Waals surface area contributed by atoms with Crippen molar-refractivity contribution in [1.29, 1.82) is 5.26 Å². The van der Waals surface area contributed by atoms with Gasteiger partial charge in [0.05, 0.1) is 16.9 Å². The van der Waals surface area contributed by atoms with Crippen molar-refractivity contribution in [2.75, 3.05) is 20.2 Å². The van der Waals surface area contributed by atoms with E-state index in [1.54, 1.807) is 26.0 Å². The number of hydrogen-bond donors (Lipinski definition) is 1. The summed E-state index contributed by atoms with van der Waals surface area (Å²) in [6.07, 6.45) is 0. The third kappa shape index (κ3) is 4.30. The van der Waals surface area contributed by atoms with E-state index in [2.05, 4.69) is 11.8 Å². The van der Waals surface area contributed by atoms with Crippen molar-refractivity contribution < 1.29 is 13.5 Å². The van der Waals surface area contributed by atoms with Crippen molar-refractivity contribution in [3.8, 4) is 17.9 Å². The van der Waals surface area contributed by atoms with Gasteiger partial charge >= 0.3 is 0 Å². The summed E-state index contributed by atoms with van der Waals surface area (Å²) < 4.78 is 26.3. The third-order valence-electron chi connectivity index (χ3n) is 2.94. The maximum absolute atomic E-state index is 12.5. The molecule has 0 spiro atoms. The van der Waals surface area contributed by atoms with Crippen molar-refractivity contribution in [3.63, 3.8) is 0 Å². The summed E-state index contributed by atoms with van der Waals surface area (Å²) in [5, 5.41) is 17.5. The molecule has 0 radical (unpaired) electrons. The van der Waals surface area contributed by atoms with Gasteiger partial charge in [0.1, 0.15) is 6.61 Å². The molecule has 1 rings (SSSR count). The van der Waals surface area contributed by atoms with Crippen LogP contribution in [0.5, 0.6) is 0 Å². The van der Waals surface area contributed by atoms with Gasteiger partial charge in [-0.3, -0.25) is 0 Å². The van der Waals surface area contributed by atoms with Gasteiger partial charge in [-0.2, -0.15) is 9.57 Å². The minimum absolute atomic E-state index is 0.130. The molecule has 0 aliphatic carbocycles. The highest BCUT2D eigenvalue weighted by atomic mass is 32.2. The van der Waals surface area contributed by atoms with Crippen LogP contribution in [-0.2, 0) is 10.0 Å². The molecule has 0 amide bonds. The van der Waals surface area contributed by atoms with Crippen LogP contribution in [0.25, 0.3) is 0 Å². The highest BCUT2D eigenvalue weighted by Gasteiger charge is 2.24. The molecule has 0 heterocycles. The quantitative estimate of drug-likeness (QED) is 0.845. The van der Waals surface area contributed by atoms with E-state index in [9.17, 15) is 8.42 Å². The number of aliphatic hydroxyl groups is 1. The first-order valence-electron chi connectivity index (χ1n) is 6.39. The first-order chi connectivity index (χ1) is 9.82. The van der Waals surface area contributed by atoms with Crippen molar-refractivity contribution in [2.24, 2.45) is 5.92 Å². The Kier molecular flexibility index (Phi) is 5.92. The van der Waals surface area contributed by atoms with Crippen molar-refractivity contribution in [2.45, 2.75) is 18.7 Å². The molecule has 0 bridgehead atoms. The standard InChI is InChI=1S/C15H18N2O3S/c1-12(10-16)11-17(3)21(19,20)15-9-14(5-4-8-18)7-6-13(15)2/h6-7,9,12,18H,8,11H2,1-3H3. The van der Waals surface area contributed by atoms with Gasteiger partial charge in [-0.1, -0.05) is 17.9 Å². The zero-order chi connectivity index (χ0) is 16.0. The summed E-state index contributed by atoms with van der Waals surface area (Å²) in [6, 6.07) is 6.88. The molecule has 5 nitrogen and oxygen atoms in total. The van der Waals surface area contributed by atoms with Gasteiger partial charge in [-0.05, 0) is 31.5 Å². The van der Waals surface area contributed by atoms with E-state index in [-0.39, 0.29) is 24.0 Å². The van der Waals surface area contributed by atoms with Gasteiger partial charge in [0.2, 0.25) is 10.0 Å². The van der Waals surface area contributed by atoms with E-state index < -0.39 is 10.0 Å². The molecule has 0 saturated heterocycles. The maximum Gasteiger partial charge on any atom is 0.243 e. The van der Waals surface area contributed by atoms with E-state index in [1.807, 2.05) is 6.07 Å². The lowest BCUT2D eigenvalue weighted by molar-refractivity contribution is 0.350. The Labute approximate surface area is 125 Å². The molecule has 21 heavy (non-hydrogen) atoms. The fraction of sp³-hybridized carbons (Fsp3) is 0.400. The van der Waals surface area contributed by atoms with Gasteiger partial charge in [-0.15, -0.1) is 0 Å². The fourth-order valence-corrected chi connectivity index (χ4v) is 3.30. The van der Waals surface area contributed by atoms with Crippen LogP contribution in [0.3, 0.4) is 0 Å². The number of aliphatic hydroxyl groups excluding tert-OH is 1. The highest BCUT2D eigenvalue weighted by molar-refractivity contribution is 7.89. The molecule has 1 aromatic carbocycles. The molecule has 0 aliphatic rings. The zero-order valence-electron chi connectivity index (χ0n) is 12.3. The van der Waals surface area contributed by atoms with E-state index in [0.29, 0.717) is 11.1 Å². The van der Waals surface area contributed by atoms with Gasteiger partial charge in [-0.25, -0.2) is 8.42 Å². The first-order valence-corrected chi connectivity index (χ1v) is 7.83. The minimum Gasteiger partial charge on any atom is -0.384 e. The lowest BCUT2D eigenvalue weighted by Crippen LogP contribution is -2.31. The van der Waals surface area contributed by atoms with Gasteiger partial charge in [0.15, 0.2) is 0 Å². The third-order valence-corrected chi connectivity index (χ3v) is 4.90. The van der Waals surface area contributed by atoms with Gasteiger partial charge < -0.3 is 5.11 Å². The van der Waals surface area contributed by atoms with Gasteiger partial charge in [0, 0.05) is 19.2 Å². The topological polar surface area (TPSA) is 81.4 Å². The molecule has 0 aliphatic heterocycles. The molecule has 0 fully saturated rings. The van der Waals surface area contributed by atoms with E-state index >= 15 is 0 Å². The second-order valence-electron chi connectivity index (χ2n) is 4.76. The number of rotatable bonds is 4.